The lowest BCUT2D eigenvalue weighted by atomic mass is 9.93. The zero-order valence-electron chi connectivity index (χ0n) is 12.0. The Labute approximate surface area is 109 Å². The zero-order chi connectivity index (χ0) is 13.9. The molecule has 0 saturated carbocycles. The second-order valence-corrected chi connectivity index (χ2v) is 5.39. The monoisotopic (exact) mass is 253 g/mol. The summed E-state index contributed by atoms with van der Waals surface area (Å²) in [6, 6.07) is 0.566. The Hall–Kier alpha value is -1.52. The van der Waals surface area contributed by atoms with Crippen molar-refractivity contribution in [2.24, 2.45) is 11.8 Å². The van der Waals surface area contributed by atoms with Gasteiger partial charge < -0.3 is 14.6 Å². The SMILES string of the molecule is CC(C)C(NC(=O)c1cnc(N(C)C)o1)C(C)C. The van der Waals surface area contributed by atoms with Gasteiger partial charge in [0.2, 0.25) is 5.76 Å². The van der Waals surface area contributed by atoms with Crippen molar-refractivity contribution >= 4 is 11.9 Å². The van der Waals surface area contributed by atoms with Crippen molar-refractivity contribution in [3.8, 4) is 0 Å². The molecular weight excluding hydrogens is 230 g/mol. The topological polar surface area (TPSA) is 58.4 Å². The first-order valence-electron chi connectivity index (χ1n) is 6.27. The Morgan fingerprint density at radius 1 is 1.28 bits per heavy atom. The molecule has 0 aromatic carbocycles. The molecule has 0 bridgehead atoms. The van der Waals surface area contributed by atoms with E-state index < -0.39 is 0 Å². The highest BCUT2D eigenvalue weighted by atomic mass is 16.4. The van der Waals surface area contributed by atoms with Crippen molar-refractivity contribution in [1.29, 1.82) is 0 Å². The van der Waals surface area contributed by atoms with E-state index >= 15 is 0 Å². The van der Waals surface area contributed by atoms with Gasteiger partial charge in [0.05, 0.1) is 6.20 Å². The highest BCUT2D eigenvalue weighted by molar-refractivity contribution is 5.91. The summed E-state index contributed by atoms with van der Waals surface area (Å²) >= 11 is 0. The van der Waals surface area contributed by atoms with Gasteiger partial charge in [0.25, 0.3) is 11.9 Å². The van der Waals surface area contributed by atoms with Crippen molar-refractivity contribution in [2.75, 3.05) is 19.0 Å². The molecular formula is C13H23N3O2. The maximum absolute atomic E-state index is 12.0. The molecule has 0 saturated heterocycles. The van der Waals surface area contributed by atoms with Gasteiger partial charge in [-0.05, 0) is 11.8 Å². The zero-order valence-corrected chi connectivity index (χ0v) is 12.0. The van der Waals surface area contributed by atoms with Crippen LogP contribution in [0.15, 0.2) is 10.6 Å². The first-order valence-corrected chi connectivity index (χ1v) is 6.27. The Morgan fingerprint density at radius 2 is 1.83 bits per heavy atom. The smallest absolute Gasteiger partial charge is 0.297 e. The van der Waals surface area contributed by atoms with Crippen LogP contribution in [0, 0.1) is 11.8 Å². The van der Waals surface area contributed by atoms with E-state index in [2.05, 4.69) is 38.0 Å². The maximum atomic E-state index is 12.0. The summed E-state index contributed by atoms with van der Waals surface area (Å²) in [4.78, 5) is 17.8. The third kappa shape index (κ3) is 3.48. The number of oxazole rings is 1. The predicted octanol–water partition coefficient (Wildman–Crippen LogP) is 2.15. The van der Waals surface area contributed by atoms with Gasteiger partial charge in [0.15, 0.2) is 0 Å². The number of aromatic nitrogens is 1. The highest BCUT2D eigenvalue weighted by Crippen LogP contribution is 2.15. The maximum Gasteiger partial charge on any atom is 0.297 e. The van der Waals surface area contributed by atoms with Crippen LogP contribution in [0.2, 0.25) is 0 Å². The van der Waals surface area contributed by atoms with E-state index in [9.17, 15) is 4.79 Å². The molecule has 0 fully saturated rings. The van der Waals surface area contributed by atoms with Crippen LogP contribution in [0.5, 0.6) is 0 Å². The lowest BCUT2D eigenvalue weighted by Gasteiger charge is -2.25. The summed E-state index contributed by atoms with van der Waals surface area (Å²) in [5.74, 6) is 0.809. The number of nitrogens with zero attached hydrogens (tertiary/aromatic N) is 2. The molecule has 0 atom stereocenters. The van der Waals surface area contributed by atoms with Gasteiger partial charge in [0.1, 0.15) is 0 Å². The number of hydrogen-bond acceptors (Lipinski definition) is 4. The number of nitrogens with one attached hydrogen (secondary N) is 1. The fraction of sp³-hybridized carbons (Fsp3) is 0.692. The number of hydrogen-bond donors (Lipinski definition) is 1. The summed E-state index contributed by atoms with van der Waals surface area (Å²) in [6.07, 6.45) is 1.46. The van der Waals surface area contributed by atoms with Crippen molar-refractivity contribution < 1.29 is 9.21 Å². The third-order valence-electron chi connectivity index (χ3n) is 2.83. The first kappa shape index (κ1) is 14.5. The minimum absolute atomic E-state index is 0.130. The molecule has 5 heteroatoms. The van der Waals surface area contributed by atoms with Crippen LogP contribution in [0.3, 0.4) is 0 Å². The summed E-state index contributed by atoms with van der Waals surface area (Å²) in [6.45, 7) is 8.38. The van der Waals surface area contributed by atoms with Crippen LogP contribution in [0.25, 0.3) is 0 Å². The Bertz CT molecular complexity index is 389. The minimum atomic E-state index is -0.206. The van der Waals surface area contributed by atoms with Gasteiger partial charge in [0, 0.05) is 20.1 Å². The molecule has 1 amide bonds. The second kappa shape index (κ2) is 5.89. The van der Waals surface area contributed by atoms with Gasteiger partial charge in [-0.3, -0.25) is 4.79 Å². The van der Waals surface area contributed by atoms with E-state index in [0.29, 0.717) is 17.9 Å². The number of rotatable bonds is 5. The van der Waals surface area contributed by atoms with E-state index in [1.165, 1.54) is 6.20 Å². The van der Waals surface area contributed by atoms with E-state index in [1.54, 1.807) is 4.90 Å². The molecule has 18 heavy (non-hydrogen) atoms. The van der Waals surface area contributed by atoms with E-state index in [0.717, 1.165) is 0 Å². The van der Waals surface area contributed by atoms with Crippen LogP contribution in [0.4, 0.5) is 6.01 Å². The third-order valence-corrected chi connectivity index (χ3v) is 2.83. The molecule has 102 valence electrons. The number of carbonyl (C=O) groups is 1. The number of carbonyl (C=O) groups excluding carboxylic acids is 1. The average molecular weight is 253 g/mol. The van der Waals surface area contributed by atoms with Gasteiger partial charge in [-0.15, -0.1) is 0 Å². The molecule has 1 heterocycles. The standard InChI is InChI=1S/C13H23N3O2/c1-8(2)11(9(3)4)15-12(17)10-7-14-13(18-10)16(5)6/h7-9,11H,1-6H3,(H,15,17). The fourth-order valence-corrected chi connectivity index (χ4v) is 1.90. The second-order valence-electron chi connectivity index (χ2n) is 5.39. The Morgan fingerprint density at radius 3 is 2.22 bits per heavy atom. The molecule has 0 aliphatic heterocycles. The van der Waals surface area contributed by atoms with Crippen LogP contribution >= 0.6 is 0 Å². The van der Waals surface area contributed by atoms with Crippen LogP contribution in [-0.4, -0.2) is 31.0 Å². The highest BCUT2D eigenvalue weighted by Gasteiger charge is 2.22. The number of anilines is 1. The fourth-order valence-electron chi connectivity index (χ4n) is 1.90. The lowest BCUT2D eigenvalue weighted by molar-refractivity contribution is 0.0883. The number of amides is 1. The van der Waals surface area contributed by atoms with Crippen molar-refractivity contribution in [1.82, 2.24) is 10.3 Å². The summed E-state index contributed by atoms with van der Waals surface area (Å²) < 4.78 is 5.37. The molecule has 0 spiro atoms. The van der Waals surface area contributed by atoms with Gasteiger partial charge in [-0.1, -0.05) is 27.7 Å². The molecule has 5 nitrogen and oxygen atoms in total. The van der Waals surface area contributed by atoms with Crippen molar-refractivity contribution in [3.05, 3.63) is 12.0 Å². The molecule has 0 radical (unpaired) electrons. The molecule has 0 unspecified atom stereocenters. The summed E-state index contributed by atoms with van der Waals surface area (Å²) in [5.41, 5.74) is 0. The van der Waals surface area contributed by atoms with E-state index in [1.807, 2.05) is 14.1 Å². The Kier molecular flexibility index (Phi) is 4.76. The minimum Gasteiger partial charge on any atom is -0.418 e. The summed E-state index contributed by atoms with van der Waals surface area (Å²) in [5, 5.41) is 2.99. The largest absolute Gasteiger partial charge is 0.418 e. The molecule has 0 aliphatic rings. The van der Waals surface area contributed by atoms with Crippen molar-refractivity contribution in [2.45, 2.75) is 33.7 Å². The normalized spacial score (nSPS) is 11.4. The molecule has 1 N–H and O–H groups in total. The van der Waals surface area contributed by atoms with Crippen LogP contribution in [-0.2, 0) is 0 Å². The average Bonchev–Trinajstić information content (AvgIpc) is 2.73. The van der Waals surface area contributed by atoms with E-state index in [4.69, 9.17) is 4.42 Å². The summed E-state index contributed by atoms with van der Waals surface area (Å²) in [7, 11) is 3.64. The predicted molar refractivity (Wildman–Crippen MR) is 71.8 cm³/mol. The van der Waals surface area contributed by atoms with Crippen LogP contribution < -0.4 is 10.2 Å². The first-order chi connectivity index (χ1) is 8.32. The van der Waals surface area contributed by atoms with Crippen LogP contribution in [0.1, 0.15) is 38.2 Å². The molecule has 0 aliphatic carbocycles. The molecule has 1 aromatic heterocycles. The van der Waals surface area contributed by atoms with Gasteiger partial charge in [-0.25, -0.2) is 4.98 Å². The lowest BCUT2D eigenvalue weighted by Crippen LogP contribution is -2.42. The quantitative estimate of drug-likeness (QED) is 0.873. The van der Waals surface area contributed by atoms with Gasteiger partial charge in [-0.2, -0.15) is 0 Å². The van der Waals surface area contributed by atoms with Crippen molar-refractivity contribution in [3.63, 3.8) is 0 Å². The molecule has 1 aromatic rings. The van der Waals surface area contributed by atoms with Gasteiger partial charge >= 0.3 is 0 Å². The Balaban J connectivity index is 2.74. The van der Waals surface area contributed by atoms with E-state index in [-0.39, 0.29) is 17.7 Å². The molecule has 1 rings (SSSR count).